The van der Waals surface area contributed by atoms with Gasteiger partial charge in [0.1, 0.15) is 43.2 Å². The Balaban J connectivity index is 1.72. The number of unbranched alkanes of at least 4 members (excludes halogenated alkanes) is 11. The van der Waals surface area contributed by atoms with Crippen LogP contribution in [-0.4, -0.2) is 111 Å². The van der Waals surface area contributed by atoms with Crippen LogP contribution in [0.4, 0.5) is 0 Å². The Morgan fingerprint density at radius 3 is 1.62 bits per heavy atom. The lowest BCUT2D eigenvalue weighted by atomic mass is 9.85. The molecule has 64 heavy (non-hydrogen) atoms. The maximum atomic E-state index is 12.8. The number of allylic oxidation sites excluding steroid dienone is 10. The molecule has 1 saturated heterocycles. The lowest BCUT2D eigenvalue weighted by Gasteiger charge is -2.41. The molecule has 1 heterocycles. The summed E-state index contributed by atoms with van der Waals surface area (Å²) in [5.74, 6) is -1.21. The molecule has 0 amide bonds. The molecular formula is C49H81O14P. The topological polar surface area (TPSA) is 222 Å². The van der Waals surface area contributed by atoms with Crippen LogP contribution in [0.5, 0.6) is 0 Å². The number of carbonyl (C=O) groups is 2. The normalized spacial score (nSPS) is 25.4. The van der Waals surface area contributed by atoms with Crippen molar-refractivity contribution in [2.24, 2.45) is 0 Å². The van der Waals surface area contributed by atoms with E-state index in [1.807, 2.05) is 18.2 Å². The highest BCUT2D eigenvalue weighted by molar-refractivity contribution is 7.47. The highest BCUT2D eigenvalue weighted by Gasteiger charge is 2.51. The van der Waals surface area contributed by atoms with Crippen molar-refractivity contribution in [2.75, 3.05) is 13.2 Å². The van der Waals surface area contributed by atoms with E-state index in [4.69, 9.17) is 23.3 Å². The van der Waals surface area contributed by atoms with Crippen LogP contribution >= 0.6 is 7.82 Å². The maximum Gasteiger partial charge on any atom is 0.472 e. The molecule has 0 aromatic rings. The summed E-state index contributed by atoms with van der Waals surface area (Å²) in [6, 6.07) is 0. The summed E-state index contributed by atoms with van der Waals surface area (Å²) in [6.45, 7) is 3.09. The average Bonchev–Trinajstić information content (AvgIpc) is 4.03. The molecule has 0 aromatic heterocycles. The Hall–Kier alpha value is -2.75. The maximum absolute atomic E-state index is 12.8. The van der Waals surface area contributed by atoms with Gasteiger partial charge in [-0.25, -0.2) is 4.57 Å². The fourth-order valence-corrected chi connectivity index (χ4v) is 7.97. The van der Waals surface area contributed by atoms with Gasteiger partial charge < -0.3 is 44.6 Å². The monoisotopic (exact) mass is 925 g/mol. The zero-order valence-corrected chi connectivity index (χ0v) is 39.4. The Morgan fingerprint density at radius 1 is 0.562 bits per heavy atom. The third kappa shape index (κ3) is 27.0. The summed E-state index contributed by atoms with van der Waals surface area (Å²) in [4.78, 5) is 35.7. The zero-order chi connectivity index (χ0) is 46.8. The van der Waals surface area contributed by atoms with Gasteiger partial charge >= 0.3 is 19.8 Å². The number of hydrogen-bond acceptors (Lipinski definition) is 13. The van der Waals surface area contributed by atoms with Crippen molar-refractivity contribution in [3.8, 4) is 0 Å². The number of aliphatic hydroxyl groups is 5. The first kappa shape index (κ1) is 57.4. The quantitative estimate of drug-likeness (QED) is 0.0113. The molecule has 1 aliphatic heterocycles. The van der Waals surface area contributed by atoms with Crippen molar-refractivity contribution in [3.05, 3.63) is 72.9 Å². The summed E-state index contributed by atoms with van der Waals surface area (Å²) >= 11 is 0. The van der Waals surface area contributed by atoms with Gasteiger partial charge in [0.2, 0.25) is 0 Å². The Kier molecular flexibility index (Phi) is 31.8. The van der Waals surface area contributed by atoms with Crippen LogP contribution in [-0.2, 0) is 37.4 Å². The molecule has 2 aliphatic rings. The van der Waals surface area contributed by atoms with Crippen LogP contribution in [0.2, 0.25) is 0 Å². The smallest absolute Gasteiger partial charge is 0.462 e. The first-order chi connectivity index (χ1) is 30.9. The second-order valence-electron chi connectivity index (χ2n) is 16.6. The molecule has 0 radical (unpaired) electrons. The second kappa shape index (κ2) is 35.4. The summed E-state index contributed by atoms with van der Waals surface area (Å²) in [6.07, 6.45) is 32.9. The van der Waals surface area contributed by atoms with Crippen LogP contribution in [0.15, 0.2) is 72.9 Å². The van der Waals surface area contributed by atoms with Crippen molar-refractivity contribution in [3.63, 3.8) is 0 Å². The number of phosphoric acid groups is 1. The van der Waals surface area contributed by atoms with E-state index < -0.39 is 75.7 Å². The Morgan fingerprint density at radius 2 is 1.05 bits per heavy atom. The minimum atomic E-state index is -5.14. The minimum absolute atomic E-state index is 0.0345. The highest BCUT2D eigenvalue weighted by Crippen LogP contribution is 2.47. The van der Waals surface area contributed by atoms with Gasteiger partial charge in [0.25, 0.3) is 0 Å². The number of phosphoric ester groups is 1. The fourth-order valence-electron chi connectivity index (χ4n) is 7.00. The highest BCUT2D eigenvalue weighted by atomic mass is 31.2. The van der Waals surface area contributed by atoms with E-state index in [0.717, 1.165) is 83.5 Å². The molecule has 0 bridgehead atoms. The van der Waals surface area contributed by atoms with Gasteiger partial charge in [0, 0.05) is 12.8 Å². The number of aliphatic hydroxyl groups excluding tert-OH is 5. The van der Waals surface area contributed by atoms with Crippen LogP contribution in [0.25, 0.3) is 0 Å². The predicted octanol–water partition coefficient (Wildman–Crippen LogP) is 8.49. The van der Waals surface area contributed by atoms with E-state index in [2.05, 4.69) is 68.5 Å². The first-order valence-electron chi connectivity index (χ1n) is 23.9. The molecule has 5 unspecified atom stereocenters. The number of epoxide rings is 1. The van der Waals surface area contributed by atoms with Gasteiger partial charge in [-0.2, -0.15) is 0 Å². The molecule has 10 atom stereocenters. The van der Waals surface area contributed by atoms with Gasteiger partial charge in [-0.05, 0) is 77.0 Å². The minimum Gasteiger partial charge on any atom is -0.462 e. The third-order valence-corrected chi connectivity index (χ3v) is 11.9. The molecular weight excluding hydrogens is 843 g/mol. The SMILES string of the molecule is CC/C=C\CC1OC1C/C=C\C/C=C\C/C=C\C/C=C\CCC(=O)OC[C@H](COP(=O)(O)OC1[C@H](O)[C@H](O)C(O)[C@H](O)[C@H]1O)OC(=O)CCCCCCCCC/C=C\CCCCCC. The number of ether oxygens (including phenoxy) is 3. The molecule has 2 rings (SSSR count). The van der Waals surface area contributed by atoms with Gasteiger partial charge in [-0.1, -0.05) is 138 Å². The van der Waals surface area contributed by atoms with Gasteiger partial charge in [-0.3, -0.25) is 18.6 Å². The van der Waals surface area contributed by atoms with Crippen LogP contribution in [0, 0.1) is 0 Å². The molecule has 6 N–H and O–H groups in total. The first-order valence-corrected chi connectivity index (χ1v) is 25.4. The second-order valence-corrected chi connectivity index (χ2v) is 18.0. The molecule has 0 spiro atoms. The molecule has 1 saturated carbocycles. The number of hydrogen-bond donors (Lipinski definition) is 6. The summed E-state index contributed by atoms with van der Waals surface area (Å²) in [5.41, 5.74) is 0. The Bertz CT molecular complexity index is 1460. The van der Waals surface area contributed by atoms with E-state index in [-0.39, 0.29) is 12.8 Å². The van der Waals surface area contributed by atoms with E-state index >= 15 is 0 Å². The summed E-state index contributed by atoms with van der Waals surface area (Å²) < 4.78 is 39.1. The van der Waals surface area contributed by atoms with E-state index in [0.29, 0.717) is 31.5 Å². The summed E-state index contributed by atoms with van der Waals surface area (Å²) in [5, 5.41) is 50.2. The van der Waals surface area contributed by atoms with Crippen molar-refractivity contribution < 1.29 is 67.8 Å². The van der Waals surface area contributed by atoms with E-state index in [1.54, 1.807) is 0 Å². The fraction of sp³-hybridized carbons (Fsp3) is 0.714. The number of carbonyl (C=O) groups excluding carboxylic acids is 2. The molecule has 366 valence electrons. The van der Waals surface area contributed by atoms with Crippen LogP contribution in [0.3, 0.4) is 0 Å². The average molecular weight is 925 g/mol. The van der Waals surface area contributed by atoms with Crippen molar-refractivity contribution >= 4 is 19.8 Å². The van der Waals surface area contributed by atoms with Crippen molar-refractivity contribution in [1.29, 1.82) is 0 Å². The van der Waals surface area contributed by atoms with E-state index in [1.165, 1.54) is 25.7 Å². The lowest BCUT2D eigenvalue weighted by Crippen LogP contribution is -2.64. The van der Waals surface area contributed by atoms with Crippen molar-refractivity contribution in [1.82, 2.24) is 0 Å². The molecule has 14 nitrogen and oxygen atoms in total. The van der Waals surface area contributed by atoms with Crippen molar-refractivity contribution in [2.45, 2.75) is 210 Å². The van der Waals surface area contributed by atoms with Gasteiger partial charge in [0.15, 0.2) is 6.10 Å². The standard InChI is InChI=1S/C49H81O14P/c1-3-5-7-8-9-10-11-12-13-14-19-22-25-28-32-36-43(51)61-39(38-60-64(57,58)63-49-47(55)45(53)44(52)46(54)48(49)56)37-59-42(50)35-31-27-24-21-18-16-15-17-20-23-26-30-34-41-40(62-41)33-29-6-4-2/h6,10-11,16-18,20,24,26-27,29-30,39-41,44-49,52-56H,3-5,7-9,12-15,19,21-23,25,28,31-38H2,1-2H3,(H,57,58)/b11-10-,18-16-,20-17-,27-24-,29-6-,30-26-/t39-,40?,41?,44?,45-,46+,47-,48-,49?/m1/s1. The summed E-state index contributed by atoms with van der Waals surface area (Å²) in [7, 11) is -5.14. The van der Waals surface area contributed by atoms with Gasteiger partial charge in [0.05, 0.1) is 18.8 Å². The van der Waals surface area contributed by atoms with Crippen LogP contribution < -0.4 is 0 Å². The predicted molar refractivity (Wildman–Crippen MR) is 248 cm³/mol. The van der Waals surface area contributed by atoms with Crippen LogP contribution in [0.1, 0.15) is 155 Å². The zero-order valence-electron chi connectivity index (χ0n) is 38.5. The number of rotatable bonds is 37. The van der Waals surface area contributed by atoms with E-state index in [9.17, 15) is 44.6 Å². The molecule has 1 aliphatic carbocycles. The number of esters is 2. The largest absolute Gasteiger partial charge is 0.472 e. The Labute approximate surface area is 382 Å². The molecule has 0 aromatic carbocycles. The van der Waals surface area contributed by atoms with Gasteiger partial charge in [-0.15, -0.1) is 0 Å². The molecule has 2 fully saturated rings. The lowest BCUT2D eigenvalue weighted by molar-refractivity contribution is -0.220. The third-order valence-electron chi connectivity index (χ3n) is 10.9. The molecule has 15 heteroatoms.